The number of esters is 1. The molecule has 1 aliphatic rings. The molecule has 0 saturated carbocycles. The molecule has 1 heterocycles. The van der Waals surface area contributed by atoms with Crippen molar-refractivity contribution in [3.05, 3.63) is 69.8 Å². The number of rotatable bonds is 3. The number of benzene rings is 2. The summed E-state index contributed by atoms with van der Waals surface area (Å²) in [6, 6.07) is 12.7. The quantitative estimate of drug-likeness (QED) is 0.531. The summed E-state index contributed by atoms with van der Waals surface area (Å²) in [6.45, 7) is 1.49. The van der Waals surface area contributed by atoms with Crippen molar-refractivity contribution in [3.8, 4) is 0 Å². The fraction of sp³-hybridized carbons (Fsp3) is 0.176. The number of amides is 1. The lowest BCUT2D eigenvalue weighted by molar-refractivity contribution is -0.383. The van der Waals surface area contributed by atoms with Gasteiger partial charge in [0.05, 0.1) is 10.5 Å². The third-order valence-electron chi connectivity index (χ3n) is 3.91. The van der Waals surface area contributed by atoms with E-state index in [0.29, 0.717) is 11.1 Å². The van der Waals surface area contributed by atoms with Crippen molar-refractivity contribution in [3.63, 3.8) is 0 Å². The van der Waals surface area contributed by atoms with Gasteiger partial charge in [0.2, 0.25) is 0 Å². The number of anilines is 1. The van der Waals surface area contributed by atoms with Crippen molar-refractivity contribution in [2.24, 2.45) is 0 Å². The zero-order chi connectivity index (χ0) is 17.3. The molecule has 1 atom stereocenters. The van der Waals surface area contributed by atoms with E-state index in [4.69, 9.17) is 4.74 Å². The first kappa shape index (κ1) is 15.7. The van der Waals surface area contributed by atoms with Crippen molar-refractivity contribution >= 4 is 23.3 Å². The van der Waals surface area contributed by atoms with Crippen molar-refractivity contribution in [2.45, 2.75) is 18.9 Å². The van der Waals surface area contributed by atoms with Crippen LogP contribution >= 0.6 is 0 Å². The van der Waals surface area contributed by atoms with Gasteiger partial charge in [0, 0.05) is 12.5 Å². The number of nitro benzene ring substituents is 1. The highest BCUT2D eigenvalue weighted by atomic mass is 16.6. The molecule has 0 saturated heterocycles. The lowest BCUT2D eigenvalue weighted by atomic mass is 9.89. The Morgan fingerprint density at radius 1 is 1.21 bits per heavy atom. The molecule has 0 fully saturated rings. The minimum atomic E-state index is -1.44. The van der Waals surface area contributed by atoms with Crippen molar-refractivity contribution in [1.29, 1.82) is 0 Å². The molecule has 3 rings (SSSR count). The highest BCUT2D eigenvalue weighted by Gasteiger charge is 2.43. The molecule has 1 aliphatic heterocycles. The van der Waals surface area contributed by atoms with Gasteiger partial charge in [0.15, 0.2) is 5.60 Å². The highest BCUT2D eigenvalue weighted by Crippen LogP contribution is 2.31. The third kappa shape index (κ3) is 2.71. The predicted molar refractivity (Wildman–Crippen MR) is 85.7 cm³/mol. The van der Waals surface area contributed by atoms with Gasteiger partial charge in [-0.3, -0.25) is 14.9 Å². The van der Waals surface area contributed by atoms with Crippen LogP contribution in [-0.4, -0.2) is 22.4 Å². The summed E-state index contributed by atoms with van der Waals surface area (Å²) >= 11 is 0. The van der Waals surface area contributed by atoms with Crippen LogP contribution in [0, 0.1) is 10.1 Å². The average Bonchev–Trinajstić information content (AvgIpc) is 2.55. The molecule has 2 aromatic carbocycles. The number of ether oxygens (including phenoxy) is 1. The monoisotopic (exact) mass is 326 g/mol. The minimum Gasteiger partial charge on any atom is -0.445 e. The van der Waals surface area contributed by atoms with E-state index < -0.39 is 22.4 Å². The zero-order valence-electron chi connectivity index (χ0n) is 12.8. The molecule has 122 valence electrons. The largest absolute Gasteiger partial charge is 0.445 e. The Morgan fingerprint density at radius 3 is 2.62 bits per heavy atom. The molecule has 0 aromatic heterocycles. The van der Waals surface area contributed by atoms with E-state index in [-0.39, 0.29) is 17.8 Å². The summed E-state index contributed by atoms with van der Waals surface area (Å²) in [5, 5.41) is 13.5. The number of nitrogens with one attached hydrogen (secondary N) is 1. The lowest BCUT2D eigenvalue weighted by Gasteiger charge is -2.32. The highest BCUT2D eigenvalue weighted by molar-refractivity contribution is 6.03. The molecule has 0 aliphatic carbocycles. The summed E-state index contributed by atoms with van der Waals surface area (Å²) in [5.41, 5.74) is -0.474. The van der Waals surface area contributed by atoms with Gasteiger partial charge in [-0.25, -0.2) is 4.79 Å². The molecule has 24 heavy (non-hydrogen) atoms. The van der Waals surface area contributed by atoms with Gasteiger partial charge in [0.25, 0.3) is 11.6 Å². The third-order valence-corrected chi connectivity index (χ3v) is 3.91. The van der Waals surface area contributed by atoms with E-state index in [1.165, 1.54) is 25.1 Å². The number of nitro groups is 1. The summed E-state index contributed by atoms with van der Waals surface area (Å²) in [7, 11) is 0. The maximum Gasteiger partial charge on any atom is 0.339 e. The van der Waals surface area contributed by atoms with E-state index >= 15 is 0 Å². The number of cyclic esters (lactones) is 1. The number of carbonyl (C=O) groups excluding carboxylic acids is 2. The maximum atomic E-state index is 12.6. The van der Waals surface area contributed by atoms with Crippen LogP contribution < -0.4 is 5.32 Å². The van der Waals surface area contributed by atoms with Gasteiger partial charge in [-0.2, -0.15) is 0 Å². The van der Waals surface area contributed by atoms with Crippen LogP contribution in [0.15, 0.2) is 48.5 Å². The fourth-order valence-corrected chi connectivity index (χ4v) is 2.65. The second-order valence-electron chi connectivity index (χ2n) is 5.68. The second kappa shape index (κ2) is 5.77. The van der Waals surface area contributed by atoms with Gasteiger partial charge in [-0.05, 0) is 24.6 Å². The lowest BCUT2D eigenvalue weighted by Crippen LogP contribution is -2.48. The van der Waals surface area contributed by atoms with Gasteiger partial charge >= 0.3 is 5.97 Å². The van der Waals surface area contributed by atoms with E-state index in [1.807, 2.05) is 0 Å². The average molecular weight is 326 g/mol. The normalized spacial score (nSPS) is 19.1. The fourth-order valence-electron chi connectivity index (χ4n) is 2.65. The Balaban J connectivity index is 1.89. The number of fused-ring (bicyclic) bond motifs is 1. The van der Waals surface area contributed by atoms with Crippen LogP contribution in [0.2, 0.25) is 0 Å². The Hall–Kier alpha value is -3.22. The molecule has 0 bridgehead atoms. The number of para-hydroxylation sites is 2. The topological polar surface area (TPSA) is 98.5 Å². The minimum absolute atomic E-state index is 0.0589. The Labute approximate surface area is 137 Å². The Kier molecular flexibility index (Phi) is 3.76. The molecular weight excluding hydrogens is 312 g/mol. The summed E-state index contributed by atoms with van der Waals surface area (Å²) in [4.78, 5) is 35.2. The van der Waals surface area contributed by atoms with Crippen LogP contribution in [0.4, 0.5) is 11.4 Å². The SMILES string of the molecule is C[C@@]1(C(=O)Nc2ccccc2[N+](=O)[O-])Cc2ccccc2C(=O)O1. The van der Waals surface area contributed by atoms with E-state index in [2.05, 4.69) is 5.32 Å². The molecule has 0 unspecified atom stereocenters. The number of hydrogen-bond acceptors (Lipinski definition) is 5. The summed E-state index contributed by atoms with van der Waals surface area (Å²) in [5.74, 6) is -1.20. The van der Waals surface area contributed by atoms with Crippen LogP contribution in [0.1, 0.15) is 22.8 Å². The van der Waals surface area contributed by atoms with Crippen LogP contribution in [0.3, 0.4) is 0 Å². The van der Waals surface area contributed by atoms with Crippen LogP contribution in [-0.2, 0) is 16.0 Å². The van der Waals surface area contributed by atoms with E-state index in [1.54, 1.807) is 30.3 Å². The second-order valence-corrected chi connectivity index (χ2v) is 5.68. The number of carbonyl (C=O) groups is 2. The smallest absolute Gasteiger partial charge is 0.339 e. The maximum absolute atomic E-state index is 12.6. The molecule has 0 spiro atoms. The molecule has 0 radical (unpaired) electrons. The Bertz CT molecular complexity index is 848. The number of hydrogen-bond donors (Lipinski definition) is 1. The molecule has 7 heteroatoms. The van der Waals surface area contributed by atoms with Crippen molar-refractivity contribution < 1.29 is 19.2 Å². The van der Waals surface area contributed by atoms with Crippen LogP contribution in [0.5, 0.6) is 0 Å². The van der Waals surface area contributed by atoms with Crippen molar-refractivity contribution in [1.82, 2.24) is 0 Å². The first-order chi connectivity index (χ1) is 11.4. The summed E-state index contributed by atoms with van der Waals surface area (Å²) in [6.07, 6.45) is 0.196. The van der Waals surface area contributed by atoms with Gasteiger partial charge in [-0.1, -0.05) is 30.3 Å². The molecular formula is C17H14N2O5. The first-order valence-corrected chi connectivity index (χ1v) is 7.27. The zero-order valence-corrected chi connectivity index (χ0v) is 12.8. The van der Waals surface area contributed by atoms with Gasteiger partial charge < -0.3 is 10.1 Å². The Morgan fingerprint density at radius 2 is 1.88 bits per heavy atom. The molecule has 1 amide bonds. The van der Waals surface area contributed by atoms with Gasteiger partial charge in [-0.15, -0.1) is 0 Å². The standard InChI is InChI=1S/C17H14N2O5/c1-17(10-11-6-2-3-7-12(11)15(20)24-17)16(21)18-13-8-4-5-9-14(13)19(22)23/h2-9H,10H2,1H3,(H,18,21)/t17-/m0/s1. The van der Waals surface area contributed by atoms with Crippen LogP contribution in [0.25, 0.3) is 0 Å². The molecule has 1 N–H and O–H groups in total. The van der Waals surface area contributed by atoms with Gasteiger partial charge in [0.1, 0.15) is 5.69 Å². The number of nitrogens with zero attached hydrogens (tertiary/aromatic N) is 1. The molecule has 7 nitrogen and oxygen atoms in total. The van der Waals surface area contributed by atoms with Crippen molar-refractivity contribution in [2.75, 3.05) is 5.32 Å². The van der Waals surface area contributed by atoms with E-state index in [9.17, 15) is 19.7 Å². The molecule has 2 aromatic rings. The van der Waals surface area contributed by atoms with E-state index in [0.717, 1.165) is 0 Å². The first-order valence-electron chi connectivity index (χ1n) is 7.27. The summed E-state index contributed by atoms with van der Waals surface area (Å²) < 4.78 is 5.31. The predicted octanol–water partition coefficient (Wildman–Crippen LogP) is 2.71.